The van der Waals surface area contributed by atoms with Crippen molar-refractivity contribution >= 4 is 38.7 Å². The van der Waals surface area contributed by atoms with Gasteiger partial charge in [0.05, 0.1) is 29.5 Å². The maximum absolute atomic E-state index is 13.3. The highest BCUT2D eigenvalue weighted by molar-refractivity contribution is 7.92. The van der Waals surface area contributed by atoms with E-state index in [0.29, 0.717) is 35.1 Å². The molecule has 0 unspecified atom stereocenters. The van der Waals surface area contributed by atoms with E-state index in [1.807, 2.05) is 48.7 Å². The number of hydrogen-bond donors (Lipinski definition) is 1. The lowest BCUT2D eigenvalue weighted by Gasteiger charge is -2.23. The van der Waals surface area contributed by atoms with E-state index < -0.39 is 10.0 Å². The molecular weight excluding hydrogens is 446 g/mol. The second kappa shape index (κ2) is 9.13. The molecule has 32 heavy (non-hydrogen) atoms. The van der Waals surface area contributed by atoms with Crippen molar-refractivity contribution in [1.82, 2.24) is 5.01 Å². The predicted octanol–water partition coefficient (Wildman–Crippen LogP) is 4.51. The van der Waals surface area contributed by atoms with Gasteiger partial charge in [0.25, 0.3) is 5.91 Å². The molecule has 1 atom stereocenters. The maximum Gasteiger partial charge on any atom is 0.284 e. The number of hydrogen-bond acceptors (Lipinski definition) is 6. The number of ether oxygens (including phenoxy) is 1. The number of hydrazone groups is 1. The van der Waals surface area contributed by atoms with Crippen LogP contribution >= 0.6 is 11.3 Å². The number of carbonyl (C=O) groups excluding carboxylic acids is 1. The van der Waals surface area contributed by atoms with E-state index in [4.69, 9.17) is 4.74 Å². The van der Waals surface area contributed by atoms with Crippen LogP contribution in [0.3, 0.4) is 0 Å². The third kappa shape index (κ3) is 4.84. The molecule has 1 aliphatic heterocycles. The lowest BCUT2D eigenvalue weighted by Crippen LogP contribution is -2.26. The Balaban J connectivity index is 1.74. The van der Waals surface area contributed by atoms with Gasteiger partial charge in [-0.2, -0.15) is 5.10 Å². The van der Waals surface area contributed by atoms with Crippen LogP contribution in [0.5, 0.6) is 5.75 Å². The fourth-order valence-electron chi connectivity index (χ4n) is 3.65. The molecule has 0 spiro atoms. The molecule has 1 N–H and O–H groups in total. The van der Waals surface area contributed by atoms with Crippen molar-refractivity contribution in [3.63, 3.8) is 0 Å². The lowest BCUT2D eigenvalue weighted by molar-refractivity contribution is 0.0714. The number of amides is 1. The van der Waals surface area contributed by atoms with Crippen LogP contribution in [0.15, 0.2) is 71.1 Å². The van der Waals surface area contributed by atoms with Crippen LogP contribution in [-0.2, 0) is 10.0 Å². The number of sulfonamides is 1. The van der Waals surface area contributed by atoms with Gasteiger partial charge >= 0.3 is 0 Å². The van der Waals surface area contributed by atoms with Gasteiger partial charge in [0.15, 0.2) is 0 Å². The summed E-state index contributed by atoms with van der Waals surface area (Å²) in [6, 6.07) is 18.0. The molecule has 1 amide bonds. The highest BCUT2D eigenvalue weighted by Crippen LogP contribution is 2.39. The van der Waals surface area contributed by atoms with E-state index in [9.17, 15) is 13.2 Å². The number of benzene rings is 2. The summed E-state index contributed by atoms with van der Waals surface area (Å²) in [7, 11) is -3.41. The first kappa shape index (κ1) is 22.0. The van der Waals surface area contributed by atoms with Crippen LogP contribution in [0.4, 0.5) is 5.69 Å². The Morgan fingerprint density at radius 1 is 1.19 bits per heavy atom. The minimum absolute atomic E-state index is 0.184. The Labute approximate surface area is 191 Å². The number of anilines is 1. The van der Waals surface area contributed by atoms with Crippen LogP contribution < -0.4 is 9.46 Å². The number of nitrogens with zero attached hydrogens (tertiary/aromatic N) is 2. The molecule has 166 valence electrons. The second-order valence-electron chi connectivity index (χ2n) is 7.32. The number of thiophene rings is 1. The van der Waals surface area contributed by atoms with E-state index in [1.165, 1.54) is 16.3 Å². The highest BCUT2D eigenvalue weighted by Gasteiger charge is 2.35. The molecule has 9 heteroatoms. The highest BCUT2D eigenvalue weighted by atomic mass is 32.2. The van der Waals surface area contributed by atoms with Crippen molar-refractivity contribution in [3.05, 3.63) is 82.0 Å². The van der Waals surface area contributed by atoms with E-state index in [1.54, 1.807) is 24.3 Å². The molecular formula is C23H23N3O4S2. The van der Waals surface area contributed by atoms with E-state index in [2.05, 4.69) is 9.82 Å². The largest absolute Gasteiger partial charge is 0.494 e. The number of para-hydroxylation sites is 1. The summed E-state index contributed by atoms with van der Waals surface area (Å²) >= 11 is 1.37. The van der Waals surface area contributed by atoms with E-state index in [0.717, 1.165) is 17.4 Å². The summed E-state index contributed by atoms with van der Waals surface area (Å²) in [6.45, 7) is 2.43. The van der Waals surface area contributed by atoms with Crippen molar-refractivity contribution < 1.29 is 17.9 Å². The summed E-state index contributed by atoms with van der Waals surface area (Å²) in [4.78, 5) is 13.9. The van der Waals surface area contributed by atoms with Crippen LogP contribution in [0.2, 0.25) is 0 Å². The molecule has 4 rings (SSSR count). The van der Waals surface area contributed by atoms with Gasteiger partial charge in [-0.15, -0.1) is 11.3 Å². The van der Waals surface area contributed by atoms with Crippen molar-refractivity contribution in [2.24, 2.45) is 5.10 Å². The summed E-state index contributed by atoms with van der Waals surface area (Å²) in [5, 5.41) is 8.05. The van der Waals surface area contributed by atoms with Crippen molar-refractivity contribution in [2.75, 3.05) is 17.6 Å². The molecule has 0 bridgehead atoms. The second-order valence-corrected chi connectivity index (χ2v) is 10.0. The van der Waals surface area contributed by atoms with Crippen molar-refractivity contribution in [3.8, 4) is 5.75 Å². The van der Waals surface area contributed by atoms with Gasteiger partial charge in [-0.25, -0.2) is 13.4 Å². The van der Waals surface area contributed by atoms with Crippen LogP contribution in [0.25, 0.3) is 0 Å². The van der Waals surface area contributed by atoms with Gasteiger partial charge in [-0.1, -0.05) is 36.4 Å². The lowest BCUT2D eigenvalue weighted by atomic mass is 9.97. The monoisotopic (exact) mass is 469 g/mol. The Bertz CT molecular complexity index is 1250. The number of rotatable bonds is 7. The molecule has 0 radical (unpaired) electrons. The van der Waals surface area contributed by atoms with Gasteiger partial charge < -0.3 is 4.74 Å². The molecule has 3 aromatic rings. The standard InChI is InChI=1S/C23H23N3O4S2/c1-3-30-21-11-5-4-10-18(21)20-15-19(24-26(20)23(27)22-12-7-13-31-22)16-8-6-9-17(14-16)25-32(2,28)29/h4-14,20,25H,3,15H2,1-2H3/t20-/m1/s1. The smallest absolute Gasteiger partial charge is 0.284 e. The first-order valence-corrected chi connectivity index (χ1v) is 12.9. The van der Waals surface area contributed by atoms with Crippen LogP contribution in [-0.4, -0.2) is 37.9 Å². The SMILES string of the molecule is CCOc1ccccc1[C@H]1CC(c2cccc(NS(C)(=O)=O)c2)=NN1C(=O)c1cccs1. The first-order valence-electron chi connectivity index (χ1n) is 10.1. The molecule has 0 aliphatic carbocycles. The zero-order valence-electron chi connectivity index (χ0n) is 17.7. The van der Waals surface area contributed by atoms with Crippen molar-refractivity contribution in [1.29, 1.82) is 0 Å². The summed E-state index contributed by atoms with van der Waals surface area (Å²) in [5.74, 6) is 0.532. The Hall–Kier alpha value is -3.17. The quantitative estimate of drug-likeness (QED) is 0.551. The van der Waals surface area contributed by atoms with Gasteiger partial charge in [0, 0.05) is 17.7 Å². The maximum atomic E-state index is 13.3. The average Bonchev–Trinajstić information content (AvgIpc) is 3.43. The molecule has 2 aromatic carbocycles. The van der Waals surface area contributed by atoms with Crippen LogP contribution in [0.1, 0.15) is 40.2 Å². The minimum atomic E-state index is -3.41. The fraction of sp³-hybridized carbons (Fsp3) is 0.217. The topological polar surface area (TPSA) is 88.1 Å². The molecule has 0 fully saturated rings. The zero-order chi connectivity index (χ0) is 22.7. The van der Waals surface area contributed by atoms with Gasteiger partial charge in [-0.3, -0.25) is 9.52 Å². The number of nitrogens with one attached hydrogen (secondary N) is 1. The average molecular weight is 470 g/mol. The van der Waals surface area contributed by atoms with Gasteiger partial charge in [0.2, 0.25) is 10.0 Å². The first-order chi connectivity index (χ1) is 15.4. The third-order valence-electron chi connectivity index (χ3n) is 4.93. The summed E-state index contributed by atoms with van der Waals surface area (Å²) in [5.41, 5.74) is 2.77. The summed E-state index contributed by atoms with van der Waals surface area (Å²) in [6.07, 6.45) is 1.58. The Kier molecular flexibility index (Phi) is 6.29. The predicted molar refractivity (Wildman–Crippen MR) is 127 cm³/mol. The molecule has 0 saturated heterocycles. The molecule has 2 heterocycles. The van der Waals surface area contributed by atoms with Gasteiger partial charge in [-0.05, 0) is 42.1 Å². The minimum Gasteiger partial charge on any atom is -0.494 e. The Morgan fingerprint density at radius 2 is 2.00 bits per heavy atom. The van der Waals surface area contributed by atoms with Gasteiger partial charge in [0.1, 0.15) is 5.75 Å². The number of carbonyl (C=O) groups is 1. The Morgan fingerprint density at radius 3 is 2.72 bits per heavy atom. The summed E-state index contributed by atoms with van der Waals surface area (Å²) < 4.78 is 31.6. The van der Waals surface area contributed by atoms with Crippen LogP contribution in [0, 0.1) is 0 Å². The molecule has 1 aromatic heterocycles. The van der Waals surface area contributed by atoms with E-state index >= 15 is 0 Å². The zero-order valence-corrected chi connectivity index (χ0v) is 19.3. The molecule has 1 aliphatic rings. The molecule has 7 nitrogen and oxygen atoms in total. The fourth-order valence-corrected chi connectivity index (χ4v) is 4.86. The van der Waals surface area contributed by atoms with Crippen molar-refractivity contribution in [2.45, 2.75) is 19.4 Å². The molecule has 0 saturated carbocycles. The normalized spacial score (nSPS) is 16.0. The van der Waals surface area contributed by atoms with E-state index in [-0.39, 0.29) is 11.9 Å². The third-order valence-corrected chi connectivity index (χ3v) is 6.39.